The molecule has 5 nitrogen and oxygen atoms in total. The minimum Gasteiger partial charge on any atom is -0.461 e. The highest BCUT2D eigenvalue weighted by molar-refractivity contribution is 5.97. The molecule has 0 N–H and O–H groups in total. The van der Waals surface area contributed by atoms with Crippen molar-refractivity contribution in [1.29, 1.82) is 0 Å². The van der Waals surface area contributed by atoms with E-state index in [1.165, 1.54) is 0 Å². The number of hydrogen-bond acceptors (Lipinski definition) is 4. The summed E-state index contributed by atoms with van der Waals surface area (Å²) < 4.78 is 6.59. The van der Waals surface area contributed by atoms with Crippen molar-refractivity contribution in [3.63, 3.8) is 0 Å². The van der Waals surface area contributed by atoms with Gasteiger partial charge in [0.05, 0.1) is 18.5 Å². The minimum atomic E-state index is -0.422. The van der Waals surface area contributed by atoms with Gasteiger partial charge < -0.3 is 4.74 Å². The van der Waals surface area contributed by atoms with Crippen molar-refractivity contribution in [3.8, 4) is 0 Å². The topological polar surface area (TPSA) is 56.5 Å². The molecule has 3 aromatic rings. The van der Waals surface area contributed by atoms with Crippen LogP contribution < -0.4 is 0 Å². The van der Waals surface area contributed by atoms with Crippen molar-refractivity contribution in [2.45, 2.75) is 13.8 Å². The summed E-state index contributed by atoms with van der Waals surface area (Å²) in [6.07, 6.45) is 1.60. The SMILES string of the molecule is CCOC(=O)c1cn2nc(C)c3ccccc3c2n1. The smallest absolute Gasteiger partial charge is 0.358 e. The van der Waals surface area contributed by atoms with Gasteiger partial charge in [-0.3, -0.25) is 0 Å². The van der Waals surface area contributed by atoms with E-state index in [1.54, 1.807) is 17.6 Å². The van der Waals surface area contributed by atoms with E-state index in [1.807, 2.05) is 31.2 Å². The van der Waals surface area contributed by atoms with Crippen molar-refractivity contribution < 1.29 is 9.53 Å². The molecule has 1 aromatic carbocycles. The molecule has 3 rings (SSSR count). The number of carbonyl (C=O) groups excluding carboxylic acids is 1. The van der Waals surface area contributed by atoms with Crippen molar-refractivity contribution in [1.82, 2.24) is 14.6 Å². The summed E-state index contributed by atoms with van der Waals surface area (Å²) in [7, 11) is 0. The highest BCUT2D eigenvalue weighted by atomic mass is 16.5. The summed E-state index contributed by atoms with van der Waals surface area (Å²) in [6.45, 7) is 4.04. The zero-order valence-corrected chi connectivity index (χ0v) is 10.8. The van der Waals surface area contributed by atoms with E-state index in [4.69, 9.17) is 4.74 Å². The molecule has 96 valence electrons. The van der Waals surface area contributed by atoms with Gasteiger partial charge in [-0.2, -0.15) is 5.10 Å². The Morgan fingerprint density at radius 1 is 1.32 bits per heavy atom. The predicted molar refractivity (Wildman–Crippen MR) is 71.2 cm³/mol. The van der Waals surface area contributed by atoms with E-state index in [2.05, 4.69) is 10.1 Å². The van der Waals surface area contributed by atoms with Gasteiger partial charge >= 0.3 is 5.97 Å². The zero-order chi connectivity index (χ0) is 13.4. The molecule has 0 aliphatic carbocycles. The van der Waals surface area contributed by atoms with E-state index >= 15 is 0 Å². The molecule has 0 spiro atoms. The Morgan fingerprint density at radius 3 is 2.79 bits per heavy atom. The molecule has 0 atom stereocenters. The minimum absolute atomic E-state index is 0.283. The van der Waals surface area contributed by atoms with Crippen molar-refractivity contribution in [3.05, 3.63) is 41.9 Å². The third kappa shape index (κ3) is 1.83. The summed E-state index contributed by atoms with van der Waals surface area (Å²) in [5.41, 5.74) is 1.85. The molecular weight excluding hydrogens is 242 g/mol. The summed E-state index contributed by atoms with van der Waals surface area (Å²) in [5, 5.41) is 6.43. The van der Waals surface area contributed by atoms with Crippen LogP contribution in [0, 0.1) is 6.92 Å². The molecule has 2 heterocycles. The van der Waals surface area contributed by atoms with Crippen LogP contribution in [0.5, 0.6) is 0 Å². The maximum Gasteiger partial charge on any atom is 0.358 e. The standard InChI is InChI=1S/C14H13N3O2/c1-3-19-14(18)12-8-17-13(15-12)11-7-5-4-6-10(11)9(2)16-17/h4-8H,3H2,1-2H3. The van der Waals surface area contributed by atoms with E-state index in [0.29, 0.717) is 12.3 Å². The fraction of sp³-hybridized carbons (Fsp3) is 0.214. The van der Waals surface area contributed by atoms with Crippen LogP contribution in [0.25, 0.3) is 16.4 Å². The first-order valence-corrected chi connectivity index (χ1v) is 6.12. The third-order valence-corrected chi connectivity index (χ3v) is 2.99. The number of benzene rings is 1. The van der Waals surface area contributed by atoms with Gasteiger partial charge in [-0.05, 0) is 13.8 Å². The molecule has 19 heavy (non-hydrogen) atoms. The number of esters is 1. The number of imidazole rings is 1. The van der Waals surface area contributed by atoms with Crippen LogP contribution in [0.1, 0.15) is 23.1 Å². The maximum atomic E-state index is 11.7. The first-order chi connectivity index (χ1) is 9.20. The maximum absolute atomic E-state index is 11.7. The van der Waals surface area contributed by atoms with Gasteiger partial charge in [-0.1, -0.05) is 24.3 Å². The number of aryl methyl sites for hydroxylation is 1. The van der Waals surface area contributed by atoms with Crippen LogP contribution in [0.3, 0.4) is 0 Å². The van der Waals surface area contributed by atoms with Crippen LogP contribution in [0.15, 0.2) is 30.5 Å². The van der Waals surface area contributed by atoms with Crippen LogP contribution in [0.2, 0.25) is 0 Å². The second kappa shape index (κ2) is 4.35. The van der Waals surface area contributed by atoms with Gasteiger partial charge in [0.1, 0.15) is 0 Å². The lowest BCUT2D eigenvalue weighted by Gasteiger charge is -2.02. The number of hydrogen-bond donors (Lipinski definition) is 0. The average molecular weight is 255 g/mol. The van der Waals surface area contributed by atoms with Gasteiger partial charge in [0.25, 0.3) is 0 Å². The van der Waals surface area contributed by atoms with E-state index in [-0.39, 0.29) is 5.69 Å². The van der Waals surface area contributed by atoms with Gasteiger partial charge in [-0.15, -0.1) is 0 Å². The van der Waals surface area contributed by atoms with E-state index in [9.17, 15) is 4.79 Å². The molecule has 0 aliphatic heterocycles. The number of nitrogens with zero attached hydrogens (tertiary/aromatic N) is 3. The normalized spacial score (nSPS) is 11.1. The second-order valence-corrected chi connectivity index (χ2v) is 4.25. The molecule has 0 aliphatic rings. The number of rotatable bonds is 2. The number of ether oxygens (including phenoxy) is 1. The zero-order valence-electron chi connectivity index (χ0n) is 10.8. The second-order valence-electron chi connectivity index (χ2n) is 4.25. The number of fused-ring (bicyclic) bond motifs is 3. The molecule has 0 unspecified atom stereocenters. The highest BCUT2D eigenvalue weighted by Gasteiger charge is 2.14. The summed E-state index contributed by atoms with van der Waals surface area (Å²) in [4.78, 5) is 16.0. The predicted octanol–water partition coefficient (Wildman–Crippen LogP) is 2.37. The molecule has 0 saturated carbocycles. The fourth-order valence-electron chi connectivity index (χ4n) is 2.14. The van der Waals surface area contributed by atoms with Crippen LogP contribution in [-0.4, -0.2) is 27.2 Å². The Balaban J connectivity index is 2.28. The lowest BCUT2D eigenvalue weighted by atomic mass is 10.1. The lowest BCUT2D eigenvalue weighted by Crippen LogP contribution is -2.04. The van der Waals surface area contributed by atoms with Crippen molar-refractivity contribution in [2.75, 3.05) is 6.61 Å². The number of carbonyl (C=O) groups is 1. The monoisotopic (exact) mass is 255 g/mol. The van der Waals surface area contributed by atoms with Crippen LogP contribution >= 0.6 is 0 Å². The quantitative estimate of drug-likeness (QED) is 0.660. The summed E-state index contributed by atoms with van der Waals surface area (Å²) >= 11 is 0. The molecule has 0 radical (unpaired) electrons. The van der Waals surface area contributed by atoms with Gasteiger partial charge in [0.15, 0.2) is 11.3 Å². The Hall–Kier alpha value is -2.43. The van der Waals surface area contributed by atoms with Crippen LogP contribution in [0.4, 0.5) is 0 Å². The van der Waals surface area contributed by atoms with Crippen molar-refractivity contribution >= 4 is 22.4 Å². The Morgan fingerprint density at radius 2 is 2.05 bits per heavy atom. The van der Waals surface area contributed by atoms with Crippen LogP contribution in [-0.2, 0) is 4.74 Å². The highest BCUT2D eigenvalue weighted by Crippen LogP contribution is 2.21. The third-order valence-electron chi connectivity index (χ3n) is 2.99. The molecule has 5 heteroatoms. The first kappa shape index (κ1) is 11.6. The van der Waals surface area contributed by atoms with Gasteiger partial charge in [0, 0.05) is 10.8 Å². The molecular formula is C14H13N3O2. The lowest BCUT2D eigenvalue weighted by molar-refractivity contribution is 0.0520. The Bertz CT molecular complexity index is 777. The van der Waals surface area contributed by atoms with Gasteiger partial charge in [-0.25, -0.2) is 14.3 Å². The molecule has 0 bridgehead atoms. The largest absolute Gasteiger partial charge is 0.461 e. The molecule has 0 saturated heterocycles. The Kier molecular flexibility index (Phi) is 2.67. The molecule has 0 fully saturated rings. The summed E-state index contributed by atoms with van der Waals surface area (Å²) in [5.74, 6) is -0.422. The van der Waals surface area contributed by atoms with E-state index in [0.717, 1.165) is 16.5 Å². The molecule has 0 amide bonds. The average Bonchev–Trinajstić information content (AvgIpc) is 2.83. The number of aromatic nitrogens is 3. The first-order valence-electron chi connectivity index (χ1n) is 6.12. The van der Waals surface area contributed by atoms with Gasteiger partial charge in [0.2, 0.25) is 0 Å². The summed E-state index contributed by atoms with van der Waals surface area (Å²) in [6, 6.07) is 7.88. The Labute approximate surface area is 109 Å². The molecule has 2 aromatic heterocycles. The van der Waals surface area contributed by atoms with E-state index < -0.39 is 5.97 Å². The fourth-order valence-corrected chi connectivity index (χ4v) is 2.14. The van der Waals surface area contributed by atoms with Crippen molar-refractivity contribution in [2.24, 2.45) is 0 Å².